The number of aryl methyl sites for hydroxylation is 1. The summed E-state index contributed by atoms with van der Waals surface area (Å²) in [5.74, 6) is 0.972. The van der Waals surface area contributed by atoms with Crippen LogP contribution in [-0.2, 0) is 11.2 Å². The molecule has 0 bridgehead atoms. The number of likely N-dealkylation sites (tertiary alicyclic amines) is 1. The van der Waals surface area contributed by atoms with Gasteiger partial charge in [0.15, 0.2) is 0 Å². The number of benzene rings is 1. The summed E-state index contributed by atoms with van der Waals surface area (Å²) in [5.41, 5.74) is 0.327. The molecule has 4 heteroatoms. The number of amides is 1. The van der Waals surface area contributed by atoms with E-state index in [9.17, 15) is 9.90 Å². The molecule has 0 aliphatic carbocycles. The quantitative estimate of drug-likeness (QED) is 0.906. The summed E-state index contributed by atoms with van der Waals surface area (Å²) in [6.07, 6.45) is 2.77. The zero-order chi connectivity index (χ0) is 15.3. The first kappa shape index (κ1) is 15.8. The molecule has 1 saturated heterocycles. The van der Waals surface area contributed by atoms with Crippen molar-refractivity contribution in [3.05, 3.63) is 29.8 Å². The van der Waals surface area contributed by atoms with Crippen molar-refractivity contribution in [1.29, 1.82) is 0 Å². The fourth-order valence-electron chi connectivity index (χ4n) is 2.84. The zero-order valence-corrected chi connectivity index (χ0v) is 13.0. The third-order valence-electron chi connectivity index (χ3n) is 3.91. The molecule has 1 heterocycles. The van der Waals surface area contributed by atoms with Crippen molar-refractivity contribution in [1.82, 2.24) is 4.90 Å². The lowest BCUT2D eigenvalue weighted by Gasteiger charge is -2.36. The number of carbonyl (C=O) groups excluding carboxylic acids is 1. The fraction of sp³-hybridized carbons (Fsp3) is 0.588. The van der Waals surface area contributed by atoms with Crippen LogP contribution >= 0.6 is 0 Å². The molecular weight excluding hydrogens is 266 g/mol. The number of carbonyl (C=O) groups is 1. The Kier molecular flexibility index (Phi) is 5.23. The molecule has 1 aliphatic rings. The van der Waals surface area contributed by atoms with E-state index in [1.165, 1.54) is 0 Å². The average Bonchev–Trinajstić information content (AvgIpc) is 2.45. The standard InChI is InChI=1S/C17H25NO3/c1-3-21-15-8-5-4-7-14(15)9-10-16(19)18-12-6-11-17(2,20)13-18/h4-5,7-8,20H,3,6,9-13H2,1-2H3. The van der Waals surface area contributed by atoms with Gasteiger partial charge in [-0.05, 0) is 44.7 Å². The Morgan fingerprint density at radius 2 is 2.19 bits per heavy atom. The molecule has 0 radical (unpaired) electrons. The SMILES string of the molecule is CCOc1ccccc1CCC(=O)N1CCCC(C)(O)C1. The second-order valence-corrected chi connectivity index (χ2v) is 5.96. The maximum atomic E-state index is 12.3. The van der Waals surface area contributed by atoms with E-state index in [4.69, 9.17) is 4.74 Å². The molecule has 1 unspecified atom stereocenters. The van der Waals surface area contributed by atoms with Gasteiger partial charge in [-0.1, -0.05) is 18.2 Å². The Labute approximate surface area is 126 Å². The highest BCUT2D eigenvalue weighted by Gasteiger charge is 2.30. The monoisotopic (exact) mass is 291 g/mol. The fourth-order valence-corrected chi connectivity index (χ4v) is 2.84. The third-order valence-corrected chi connectivity index (χ3v) is 3.91. The first-order valence-corrected chi connectivity index (χ1v) is 7.73. The van der Waals surface area contributed by atoms with E-state index in [-0.39, 0.29) is 5.91 Å². The summed E-state index contributed by atoms with van der Waals surface area (Å²) in [5, 5.41) is 10.1. The largest absolute Gasteiger partial charge is 0.494 e. The maximum Gasteiger partial charge on any atom is 0.223 e. The molecule has 0 spiro atoms. The number of hydrogen-bond donors (Lipinski definition) is 1. The zero-order valence-electron chi connectivity index (χ0n) is 13.0. The van der Waals surface area contributed by atoms with E-state index in [2.05, 4.69) is 0 Å². The molecular formula is C17H25NO3. The van der Waals surface area contributed by atoms with Gasteiger partial charge in [-0.3, -0.25) is 4.79 Å². The number of hydrogen-bond acceptors (Lipinski definition) is 3. The molecule has 1 atom stereocenters. The highest BCUT2D eigenvalue weighted by Crippen LogP contribution is 2.23. The molecule has 1 amide bonds. The Morgan fingerprint density at radius 1 is 1.43 bits per heavy atom. The van der Waals surface area contributed by atoms with Gasteiger partial charge in [0.25, 0.3) is 0 Å². The number of rotatable bonds is 5. The highest BCUT2D eigenvalue weighted by atomic mass is 16.5. The molecule has 21 heavy (non-hydrogen) atoms. The second-order valence-electron chi connectivity index (χ2n) is 5.96. The third kappa shape index (κ3) is 4.46. The van der Waals surface area contributed by atoms with Crippen LogP contribution in [0.4, 0.5) is 0 Å². The van der Waals surface area contributed by atoms with Crippen molar-refractivity contribution in [2.75, 3.05) is 19.7 Å². The van der Waals surface area contributed by atoms with Crippen LogP contribution in [0.3, 0.4) is 0 Å². The predicted molar refractivity (Wildman–Crippen MR) is 82.4 cm³/mol. The molecule has 0 saturated carbocycles. The van der Waals surface area contributed by atoms with Gasteiger partial charge in [0.05, 0.1) is 12.2 Å². The van der Waals surface area contributed by atoms with Gasteiger partial charge >= 0.3 is 0 Å². The lowest BCUT2D eigenvalue weighted by atomic mass is 9.95. The summed E-state index contributed by atoms with van der Waals surface area (Å²) >= 11 is 0. The van der Waals surface area contributed by atoms with Gasteiger partial charge in [-0.2, -0.15) is 0 Å². The van der Waals surface area contributed by atoms with Crippen LogP contribution in [0.1, 0.15) is 38.7 Å². The van der Waals surface area contributed by atoms with E-state index in [0.717, 1.165) is 30.7 Å². The van der Waals surface area contributed by atoms with Crippen LogP contribution in [0.25, 0.3) is 0 Å². The van der Waals surface area contributed by atoms with Gasteiger partial charge in [0.1, 0.15) is 5.75 Å². The molecule has 1 aromatic rings. The van der Waals surface area contributed by atoms with E-state index < -0.39 is 5.60 Å². The first-order chi connectivity index (χ1) is 10.0. The topological polar surface area (TPSA) is 49.8 Å². The molecule has 0 aromatic heterocycles. The Balaban J connectivity index is 1.92. The van der Waals surface area contributed by atoms with E-state index in [1.807, 2.05) is 31.2 Å². The molecule has 1 fully saturated rings. The molecule has 2 rings (SSSR count). The van der Waals surface area contributed by atoms with E-state index in [0.29, 0.717) is 26.0 Å². The Bertz CT molecular complexity index is 485. The lowest BCUT2D eigenvalue weighted by Crippen LogP contribution is -2.48. The van der Waals surface area contributed by atoms with Gasteiger partial charge < -0.3 is 14.7 Å². The van der Waals surface area contributed by atoms with Crippen LogP contribution in [0, 0.1) is 0 Å². The minimum absolute atomic E-state index is 0.112. The van der Waals surface area contributed by atoms with Crippen LogP contribution in [0.5, 0.6) is 5.75 Å². The molecule has 116 valence electrons. The van der Waals surface area contributed by atoms with Crippen molar-refractivity contribution in [3.63, 3.8) is 0 Å². The Morgan fingerprint density at radius 3 is 2.90 bits per heavy atom. The molecule has 1 aliphatic heterocycles. The maximum absolute atomic E-state index is 12.3. The van der Waals surface area contributed by atoms with Crippen molar-refractivity contribution in [2.45, 2.75) is 45.1 Å². The van der Waals surface area contributed by atoms with Crippen LogP contribution in [0.15, 0.2) is 24.3 Å². The highest BCUT2D eigenvalue weighted by molar-refractivity contribution is 5.76. The van der Waals surface area contributed by atoms with Crippen molar-refractivity contribution < 1.29 is 14.6 Å². The smallest absolute Gasteiger partial charge is 0.223 e. The summed E-state index contributed by atoms with van der Waals surface area (Å²) < 4.78 is 5.58. The number of nitrogens with zero attached hydrogens (tertiary/aromatic N) is 1. The minimum atomic E-state index is -0.739. The van der Waals surface area contributed by atoms with Crippen molar-refractivity contribution in [3.8, 4) is 5.75 Å². The van der Waals surface area contributed by atoms with Crippen molar-refractivity contribution in [2.24, 2.45) is 0 Å². The van der Waals surface area contributed by atoms with E-state index in [1.54, 1.807) is 11.8 Å². The summed E-state index contributed by atoms with van der Waals surface area (Å²) in [7, 11) is 0. The Hall–Kier alpha value is -1.55. The summed E-state index contributed by atoms with van der Waals surface area (Å²) in [6, 6.07) is 7.85. The van der Waals surface area contributed by atoms with Crippen LogP contribution < -0.4 is 4.74 Å². The van der Waals surface area contributed by atoms with Crippen LogP contribution in [0.2, 0.25) is 0 Å². The number of ether oxygens (including phenoxy) is 1. The first-order valence-electron chi connectivity index (χ1n) is 7.73. The van der Waals surface area contributed by atoms with Gasteiger partial charge in [-0.15, -0.1) is 0 Å². The van der Waals surface area contributed by atoms with Gasteiger partial charge in [0.2, 0.25) is 5.91 Å². The van der Waals surface area contributed by atoms with E-state index >= 15 is 0 Å². The number of para-hydroxylation sites is 1. The van der Waals surface area contributed by atoms with Crippen molar-refractivity contribution >= 4 is 5.91 Å². The lowest BCUT2D eigenvalue weighted by molar-refractivity contribution is -0.137. The number of piperidine rings is 1. The molecule has 1 N–H and O–H groups in total. The average molecular weight is 291 g/mol. The number of aliphatic hydroxyl groups is 1. The second kappa shape index (κ2) is 6.94. The normalized spacial score (nSPS) is 22.1. The van der Waals surface area contributed by atoms with Gasteiger partial charge in [-0.25, -0.2) is 0 Å². The molecule has 1 aromatic carbocycles. The molecule has 4 nitrogen and oxygen atoms in total. The van der Waals surface area contributed by atoms with Gasteiger partial charge in [0, 0.05) is 19.5 Å². The predicted octanol–water partition coefficient (Wildman–Crippen LogP) is 2.39. The van der Waals surface area contributed by atoms with Crippen LogP contribution in [-0.4, -0.2) is 41.2 Å². The minimum Gasteiger partial charge on any atom is -0.494 e. The summed E-state index contributed by atoms with van der Waals surface area (Å²) in [4.78, 5) is 14.1. The summed E-state index contributed by atoms with van der Waals surface area (Å²) in [6.45, 7) is 5.58. The number of β-amino-alcohol motifs (C(OH)–C–C–N with tert-alkyl or cyclic N) is 1.